The quantitative estimate of drug-likeness (QED) is 0.425. The van der Waals surface area contributed by atoms with E-state index in [1.807, 2.05) is 0 Å². The largest absolute Gasteiger partial charge is 0.480 e. The summed E-state index contributed by atoms with van der Waals surface area (Å²) in [5.74, 6) is -1.74. The monoisotopic (exact) mass is 412 g/mol. The van der Waals surface area contributed by atoms with Crippen molar-refractivity contribution in [2.75, 3.05) is 25.4 Å². The van der Waals surface area contributed by atoms with Crippen molar-refractivity contribution in [1.29, 1.82) is 0 Å². The third-order valence-corrected chi connectivity index (χ3v) is 6.18. The highest BCUT2D eigenvalue weighted by Gasteiger charge is 2.43. The first kappa shape index (κ1) is 20.9. The number of carbonyl (C=O) groups excluding carboxylic acids is 3. The van der Waals surface area contributed by atoms with E-state index >= 15 is 0 Å². The third-order valence-electron chi connectivity index (χ3n) is 5.82. The van der Waals surface area contributed by atoms with Crippen molar-refractivity contribution in [3.63, 3.8) is 0 Å². The van der Waals surface area contributed by atoms with Crippen molar-refractivity contribution in [2.45, 2.75) is 62.7 Å². The van der Waals surface area contributed by atoms with Crippen LogP contribution in [-0.2, 0) is 19.2 Å². The predicted molar refractivity (Wildman–Crippen MR) is 104 cm³/mol. The summed E-state index contributed by atoms with van der Waals surface area (Å²) in [4.78, 5) is 52.6. The highest BCUT2D eigenvalue weighted by Crippen LogP contribution is 2.25. The molecule has 0 spiro atoms. The Balaban J connectivity index is 1.66. The maximum atomic E-state index is 13.0. The third kappa shape index (κ3) is 4.27. The number of thiol groups is 1. The van der Waals surface area contributed by atoms with Crippen LogP contribution in [0.5, 0.6) is 0 Å². The van der Waals surface area contributed by atoms with E-state index in [2.05, 4.69) is 23.3 Å². The summed E-state index contributed by atoms with van der Waals surface area (Å²) in [6, 6.07) is -2.59. The molecule has 4 unspecified atom stereocenters. The van der Waals surface area contributed by atoms with Gasteiger partial charge in [0.1, 0.15) is 18.1 Å². The summed E-state index contributed by atoms with van der Waals surface area (Å²) in [6.07, 6.45) is 3.91. The zero-order valence-corrected chi connectivity index (χ0v) is 16.7. The smallest absolute Gasteiger partial charge is 0.326 e. The van der Waals surface area contributed by atoms with E-state index in [9.17, 15) is 24.3 Å². The first-order valence-corrected chi connectivity index (χ1v) is 10.6. The molecule has 3 fully saturated rings. The van der Waals surface area contributed by atoms with Crippen LogP contribution < -0.4 is 10.6 Å². The van der Waals surface area contributed by atoms with Gasteiger partial charge in [0.05, 0.1) is 6.04 Å². The van der Waals surface area contributed by atoms with E-state index < -0.39 is 24.1 Å². The molecule has 28 heavy (non-hydrogen) atoms. The molecule has 3 rings (SSSR count). The molecule has 156 valence electrons. The molecule has 0 aromatic rings. The van der Waals surface area contributed by atoms with Gasteiger partial charge in [-0.15, -0.1) is 0 Å². The lowest BCUT2D eigenvalue weighted by molar-refractivity contribution is -0.152. The molecule has 0 saturated carbocycles. The second-order valence-electron chi connectivity index (χ2n) is 7.61. The van der Waals surface area contributed by atoms with Crippen LogP contribution in [0.2, 0.25) is 0 Å². The lowest BCUT2D eigenvalue weighted by Crippen LogP contribution is -2.57. The van der Waals surface area contributed by atoms with Gasteiger partial charge < -0.3 is 25.5 Å². The molecule has 3 amide bonds. The number of carboxylic acid groups (broad SMARTS) is 1. The van der Waals surface area contributed by atoms with E-state index in [4.69, 9.17) is 0 Å². The number of nitrogens with one attached hydrogen (secondary N) is 2. The molecule has 4 atom stereocenters. The van der Waals surface area contributed by atoms with Gasteiger partial charge in [0.2, 0.25) is 17.7 Å². The first-order chi connectivity index (χ1) is 13.4. The molecular formula is C18H28N4O5S. The molecule has 3 aliphatic heterocycles. The van der Waals surface area contributed by atoms with Crippen LogP contribution in [0.15, 0.2) is 0 Å². The normalized spacial score (nSPS) is 28.4. The van der Waals surface area contributed by atoms with E-state index in [0.29, 0.717) is 38.8 Å². The van der Waals surface area contributed by atoms with E-state index in [1.54, 1.807) is 0 Å². The molecule has 10 heteroatoms. The Morgan fingerprint density at radius 3 is 2.32 bits per heavy atom. The van der Waals surface area contributed by atoms with Crippen molar-refractivity contribution in [1.82, 2.24) is 20.4 Å². The van der Waals surface area contributed by atoms with E-state index in [1.165, 1.54) is 9.80 Å². The Hall–Kier alpha value is -1.81. The molecule has 0 aromatic carbocycles. The van der Waals surface area contributed by atoms with Gasteiger partial charge in [0, 0.05) is 18.8 Å². The van der Waals surface area contributed by atoms with Gasteiger partial charge in [-0.25, -0.2) is 4.79 Å². The number of amides is 3. The van der Waals surface area contributed by atoms with Crippen LogP contribution in [0.25, 0.3) is 0 Å². The van der Waals surface area contributed by atoms with Gasteiger partial charge in [-0.05, 0) is 45.1 Å². The highest BCUT2D eigenvalue weighted by atomic mass is 32.1. The zero-order chi connectivity index (χ0) is 20.3. The summed E-state index contributed by atoms with van der Waals surface area (Å²) >= 11 is 4.22. The van der Waals surface area contributed by atoms with E-state index in [-0.39, 0.29) is 29.5 Å². The molecule has 0 bridgehead atoms. The molecule has 0 aliphatic carbocycles. The van der Waals surface area contributed by atoms with Crippen LogP contribution in [0.4, 0.5) is 0 Å². The average Bonchev–Trinajstić information content (AvgIpc) is 3.44. The summed E-state index contributed by atoms with van der Waals surface area (Å²) in [5, 5.41) is 15.2. The molecule has 3 N–H and O–H groups in total. The van der Waals surface area contributed by atoms with E-state index in [0.717, 1.165) is 19.4 Å². The second-order valence-corrected chi connectivity index (χ2v) is 7.98. The van der Waals surface area contributed by atoms with Crippen molar-refractivity contribution in [3.8, 4) is 0 Å². The number of nitrogens with zero attached hydrogens (tertiary/aromatic N) is 2. The van der Waals surface area contributed by atoms with Gasteiger partial charge in [-0.2, -0.15) is 12.6 Å². The van der Waals surface area contributed by atoms with Crippen molar-refractivity contribution < 1.29 is 24.3 Å². The van der Waals surface area contributed by atoms with Gasteiger partial charge >= 0.3 is 5.97 Å². The minimum atomic E-state index is -1.01. The Kier molecular flexibility index (Phi) is 6.82. The van der Waals surface area contributed by atoms with Crippen molar-refractivity contribution >= 4 is 36.3 Å². The van der Waals surface area contributed by atoms with Gasteiger partial charge in [0.25, 0.3) is 0 Å². The fraction of sp³-hybridized carbons (Fsp3) is 0.778. The van der Waals surface area contributed by atoms with Crippen LogP contribution in [0.3, 0.4) is 0 Å². The minimum absolute atomic E-state index is 0.135. The fourth-order valence-electron chi connectivity index (χ4n) is 4.33. The topological polar surface area (TPSA) is 119 Å². The lowest BCUT2D eigenvalue weighted by Gasteiger charge is -2.32. The molecule has 3 aliphatic rings. The van der Waals surface area contributed by atoms with Crippen LogP contribution >= 0.6 is 12.6 Å². The summed E-state index contributed by atoms with van der Waals surface area (Å²) in [5.41, 5.74) is 0. The SMILES string of the molecule is O=C(NC(CS)C(=O)N1CCCC1C(=O)N1CCCC1C(=O)O)C1CCCN1. The van der Waals surface area contributed by atoms with Crippen molar-refractivity contribution in [3.05, 3.63) is 0 Å². The van der Waals surface area contributed by atoms with Gasteiger partial charge in [-0.1, -0.05) is 0 Å². The van der Waals surface area contributed by atoms with Crippen LogP contribution in [-0.4, -0.2) is 88.2 Å². The first-order valence-electron chi connectivity index (χ1n) is 9.92. The minimum Gasteiger partial charge on any atom is -0.480 e. The lowest BCUT2D eigenvalue weighted by atomic mass is 10.1. The number of aliphatic carboxylic acids is 1. The molecular weight excluding hydrogens is 384 g/mol. The standard InChI is InChI=1S/C18H28N4O5S/c23-15(11-4-1-7-19-11)20-12(10-28)16(24)21-8-2-5-13(21)17(25)22-9-3-6-14(22)18(26)27/h11-14,19,28H,1-10H2,(H,20,23)(H,26,27). The number of carboxylic acids is 1. The van der Waals surface area contributed by atoms with Crippen LogP contribution in [0.1, 0.15) is 38.5 Å². The zero-order valence-electron chi connectivity index (χ0n) is 15.8. The molecule has 3 heterocycles. The maximum absolute atomic E-state index is 13.0. The number of carbonyl (C=O) groups is 4. The highest BCUT2D eigenvalue weighted by molar-refractivity contribution is 7.80. The molecule has 0 aromatic heterocycles. The van der Waals surface area contributed by atoms with Crippen molar-refractivity contribution in [2.24, 2.45) is 0 Å². The Morgan fingerprint density at radius 1 is 1.04 bits per heavy atom. The molecule has 0 radical (unpaired) electrons. The number of rotatable bonds is 6. The average molecular weight is 413 g/mol. The second kappa shape index (κ2) is 9.13. The Morgan fingerprint density at radius 2 is 1.71 bits per heavy atom. The fourth-order valence-corrected chi connectivity index (χ4v) is 4.58. The van der Waals surface area contributed by atoms with Crippen LogP contribution in [0, 0.1) is 0 Å². The summed E-state index contributed by atoms with van der Waals surface area (Å²) < 4.78 is 0. The number of hydrogen-bond donors (Lipinski definition) is 4. The number of hydrogen-bond acceptors (Lipinski definition) is 6. The Labute approximate surface area is 169 Å². The summed E-state index contributed by atoms with van der Waals surface area (Å²) in [6.45, 7) is 1.60. The predicted octanol–water partition coefficient (Wildman–Crippen LogP) is -0.780. The van der Waals surface area contributed by atoms with Gasteiger partial charge in [-0.3, -0.25) is 14.4 Å². The summed E-state index contributed by atoms with van der Waals surface area (Å²) in [7, 11) is 0. The number of likely N-dealkylation sites (tertiary alicyclic amines) is 2. The maximum Gasteiger partial charge on any atom is 0.326 e. The van der Waals surface area contributed by atoms with Gasteiger partial charge in [0.15, 0.2) is 0 Å². The molecule has 9 nitrogen and oxygen atoms in total. The molecule has 3 saturated heterocycles. The Bertz CT molecular complexity index is 639.